The largest absolute Gasteiger partial charge is 0.331 e. The van der Waals surface area contributed by atoms with Crippen LogP contribution in [0, 0.1) is 0 Å². The summed E-state index contributed by atoms with van der Waals surface area (Å²) in [5, 5.41) is 0. The number of hydrogen-bond acceptors (Lipinski definition) is 3. The molecule has 0 bridgehead atoms. The summed E-state index contributed by atoms with van der Waals surface area (Å²) in [6.07, 6.45) is 3.18. The zero-order valence-electron chi connectivity index (χ0n) is 9.45. The van der Waals surface area contributed by atoms with Gasteiger partial charge in [0.15, 0.2) is 0 Å². The summed E-state index contributed by atoms with van der Waals surface area (Å²) in [4.78, 5) is 5.91. The molecule has 0 amide bonds. The minimum absolute atomic E-state index is 0.654. The Bertz CT molecular complexity index is 544. The Labute approximate surface area is 109 Å². The van der Waals surface area contributed by atoms with E-state index >= 15 is 0 Å². The molecule has 5 heteroatoms. The molecule has 0 atom stereocenters. The highest BCUT2D eigenvalue weighted by molar-refractivity contribution is 7.19. The van der Waals surface area contributed by atoms with Gasteiger partial charge in [-0.05, 0) is 31.5 Å². The number of halogens is 1. The highest BCUT2D eigenvalue weighted by atomic mass is 35.5. The van der Waals surface area contributed by atoms with E-state index in [2.05, 4.69) is 10.6 Å². The molecule has 0 spiro atoms. The van der Waals surface area contributed by atoms with Crippen molar-refractivity contribution in [3.05, 3.63) is 28.0 Å². The zero-order valence-corrected chi connectivity index (χ0v) is 11.0. The molecular weight excluding hydrogens is 254 g/mol. The third kappa shape index (κ3) is 1.90. The van der Waals surface area contributed by atoms with Crippen LogP contribution in [-0.2, 0) is 19.4 Å². The molecule has 2 aromatic rings. The Morgan fingerprint density at radius 3 is 3.06 bits per heavy atom. The van der Waals surface area contributed by atoms with Crippen molar-refractivity contribution >= 4 is 22.9 Å². The van der Waals surface area contributed by atoms with Gasteiger partial charge in [0.25, 0.3) is 0 Å². The van der Waals surface area contributed by atoms with E-state index < -0.39 is 0 Å². The number of nitrogens with two attached hydrogens (primary N) is 1. The molecule has 3 nitrogen and oxygen atoms in total. The summed E-state index contributed by atoms with van der Waals surface area (Å²) < 4.78 is 3.15. The number of hydrogen-bond donors (Lipinski definition) is 1. The van der Waals surface area contributed by atoms with Gasteiger partial charge in [-0.1, -0.05) is 11.6 Å². The summed E-state index contributed by atoms with van der Waals surface area (Å²) in [6, 6.07) is 3.99. The maximum atomic E-state index is 5.99. The van der Waals surface area contributed by atoms with E-state index in [4.69, 9.17) is 22.3 Å². The van der Waals surface area contributed by atoms with E-state index in [1.807, 2.05) is 6.07 Å². The fourth-order valence-electron chi connectivity index (χ4n) is 2.42. The van der Waals surface area contributed by atoms with Crippen LogP contribution in [0.4, 0.5) is 0 Å². The molecule has 2 aromatic heterocycles. The molecular formula is C12H14ClN3S. The van der Waals surface area contributed by atoms with E-state index in [1.54, 1.807) is 11.3 Å². The summed E-state index contributed by atoms with van der Waals surface area (Å²) in [6.45, 7) is 1.73. The highest BCUT2D eigenvalue weighted by Crippen LogP contribution is 2.35. The van der Waals surface area contributed by atoms with Gasteiger partial charge in [0.2, 0.25) is 0 Å². The smallest absolute Gasteiger partial charge is 0.110 e. The van der Waals surface area contributed by atoms with E-state index in [1.165, 1.54) is 17.0 Å². The average Bonchev–Trinajstić information content (AvgIpc) is 2.96. The van der Waals surface area contributed by atoms with Crippen molar-refractivity contribution < 1.29 is 0 Å². The van der Waals surface area contributed by atoms with Crippen molar-refractivity contribution in [2.45, 2.75) is 25.8 Å². The Balaban J connectivity index is 2.08. The van der Waals surface area contributed by atoms with Crippen LogP contribution >= 0.6 is 22.9 Å². The molecule has 1 aliphatic rings. The second kappa shape index (κ2) is 4.44. The Kier molecular flexibility index (Phi) is 2.94. The molecule has 0 saturated heterocycles. The van der Waals surface area contributed by atoms with Crippen LogP contribution in [0.3, 0.4) is 0 Å². The van der Waals surface area contributed by atoms with Crippen LogP contribution in [0.25, 0.3) is 10.6 Å². The molecule has 1 aliphatic heterocycles. The second-order valence-corrected chi connectivity index (χ2v) is 5.94. The molecule has 0 fully saturated rings. The standard InChI is InChI=1S/C12H14ClN3S/c13-10-4-3-9(17-10)12-8-2-1-7-16(8)11(15-12)5-6-14/h3-4H,1-2,5-7,14H2. The number of rotatable bonds is 3. The molecule has 90 valence electrons. The fourth-order valence-corrected chi connectivity index (χ4v) is 3.47. The van der Waals surface area contributed by atoms with Gasteiger partial charge in [0.1, 0.15) is 11.5 Å². The van der Waals surface area contributed by atoms with Gasteiger partial charge in [0.05, 0.1) is 9.21 Å². The zero-order chi connectivity index (χ0) is 11.8. The normalized spacial score (nSPS) is 14.2. The predicted octanol–water partition coefficient (Wildman–Crippen LogP) is 2.71. The minimum atomic E-state index is 0.654. The van der Waals surface area contributed by atoms with Gasteiger partial charge in [-0.25, -0.2) is 4.98 Å². The number of aromatic nitrogens is 2. The lowest BCUT2D eigenvalue weighted by atomic mass is 10.2. The maximum absolute atomic E-state index is 5.99. The van der Waals surface area contributed by atoms with Crippen molar-refractivity contribution in [2.24, 2.45) is 5.73 Å². The molecule has 3 rings (SSSR count). The van der Waals surface area contributed by atoms with Crippen LogP contribution < -0.4 is 5.73 Å². The highest BCUT2D eigenvalue weighted by Gasteiger charge is 2.22. The summed E-state index contributed by atoms with van der Waals surface area (Å²) in [5.41, 5.74) is 8.10. The van der Waals surface area contributed by atoms with Crippen LogP contribution in [0.1, 0.15) is 17.9 Å². The summed E-state index contributed by atoms with van der Waals surface area (Å²) in [7, 11) is 0. The molecule has 17 heavy (non-hydrogen) atoms. The first-order valence-electron chi connectivity index (χ1n) is 5.83. The monoisotopic (exact) mass is 267 g/mol. The van der Waals surface area contributed by atoms with E-state index in [0.717, 1.165) is 35.2 Å². The van der Waals surface area contributed by atoms with Crippen molar-refractivity contribution in [1.82, 2.24) is 9.55 Å². The second-order valence-electron chi connectivity index (χ2n) is 4.22. The summed E-state index contributed by atoms with van der Waals surface area (Å²) in [5.74, 6) is 1.12. The maximum Gasteiger partial charge on any atom is 0.110 e. The van der Waals surface area contributed by atoms with Crippen LogP contribution in [0.15, 0.2) is 12.1 Å². The van der Waals surface area contributed by atoms with E-state index in [0.29, 0.717) is 6.54 Å². The van der Waals surface area contributed by atoms with Crippen molar-refractivity contribution in [1.29, 1.82) is 0 Å². The molecule has 2 N–H and O–H groups in total. The van der Waals surface area contributed by atoms with Gasteiger partial charge >= 0.3 is 0 Å². The van der Waals surface area contributed by atoms with Gasteiger partial charge in [0, 0.05) is 18.7 Å². The number of nitrogens with zero attached hydrogens (tertiary/aromatic N) is 2. The number of fused-ring (bicyclic) bond motifs is 1. The lowest BCUT2D eigenvalue weighted by Crippen LogP contribution is -2.08. The molecule has 3 heterocycles. The molecule has 0 saturated carbocycles. The lowest BCUT2D eigenvalue weighted by Gasteiger charge is -2.00. The molecule has 0 aliphatic carbocycles. The van der Waals surface area contributed by atoms with Gasteiger partial charge in [-0.15, -0.1) is 11.3 Å². The minimum Gasteiger partial charge on any atom is -0.331 e. The Morgan fingerprint density at radius 1 is 1.47 bits per heavy atom. The van der Waals surface area contributed by atoms with Crippen LogP contribution in [0.5, 0.6) is 0 Å². The molecule has 0 aromatic carbocycles. The Hall–Kier alpha value is -0.840. The van der Waals surface area contributed by atoms with E-state index in [-0.39, 0.29) is 0 Å². The summed E-state index contributed by atoms with van der Waals surface area (Å²) >= 11 is 7.59. The molecule has 0 unspecified atom stereocenters. The third-order valence-electron chi connectivity index (χ3n) is 3.12. The first-order valence-corrected chi connectivity index (χ1v) is 7.03. The SMILES string of the molecule is NCCc1nc(-c2ccc(Cl)s2)c2n1CCC2. The first-order chi connectivity index (χ1) is 8.29. The third-order valence-corrected chi connectivity index (χ3v) is 4.36. The lowest BCUT2D eigenvalue weighted by molar-refractivity contribution is 0.685. The Morgan fingerprint density at radius 2 is 2.35 bits per heavy atom. The van der Waals surface area contributed by atoms with Crippen LogP contribution in [-0.4, -0.2) is 16.1 Å². The fraction of sp³-hybridized carbons (Fsp3) is 0.417. The van der Waals surface area contributed by atoms with Crippen molar-refractivity contribution in [3.8, 4) is 10.6 Å². The first kappa shape index (κ1) is 11.3. The van der Waals surface area contributed by atoms with Crippen LogP contribution in [0.2, 0.25) is 4.34 Å². The van der Waals surface area contributed by atoms with E-state index in [9.17, 15) is 0 Å². The topological polar surface area (TPSA) is 43.8 Å². The van der Waals surface area contributed by atoms with Gasteiger partial charge in [-0.3, -0.25) is 0 Å². The van der Waals surface area contributed by atoms with Crippen molar-refractivity contribution in [2.75, 3.05) is 6.54 Å². The number of thiophene rings is 1. The molecule has 0 radical (unpaired) electrons. The quantitative estimate of drug-likeness (QED) is 0.929. The van der Waals surface area contributed by atoms with Crippen molar-refractivity contribution in [3.63, 3.8) is 0 Å². The average molecular weight is 268 g/mol. The van der Waals surface area contributed by atoms with Gasteiger partial charge in [-0.2, -0.15) is 0 Å². The predicted molar refractivity (Wildman–Crippen MR) is 71.6 cm³/mol. The number of imidazole rings is 1. The van der Waals surface area contributed by atoms with Gasteiger partial charge < -0.3 is 10.3 Å².